The highest BCUT2D eigenvalue weighted by Crippen LogP contribution is 2.16. The Kier molecular flexibility index (Phi) is 6.46. The third-order valence-corrected chi connectivity index (χ3v) is 3.39. The highest BCUT2D eigenvalue weighted by molar-refractivity contribution is 14.1. The Morgan fingerprint density at radius 1 is 1.47 bits per heavy atom. The molecule has 2 N–H and O–H groups in total. The molecule has 94 valence electrons. The van der Waals surface area contributed by atoms with E-state index >= 15 is 0 Å². The van der Waals surface area contributed by atoms with Crippen molar-refractivity contribution in [2.75, 3.05) is 32.1 Å². The Morgan fingerprint density at radius 2 is 2.24 bits per heavy atom. The summed E-state index contributed by atoms with van der Waals surface area (Å²) in [6, 6.07) is 5.86. The van der Waals surface area contributed by atoms with E-state index in [1.807, 2.05) is 25.1 Å². The molecule has 4 nitrogen and oxygen atoms in total. The first-order valence-corrected chi connectivity index (χ1v) is 6.47. The Morgan fingerprint density at radius 3 is 2.88 bits per heavy atom. The van der Waals surface area contributed by atoms with Crippen LogP contribution in [0.25, 0.3) is 0 Å². The molecule has 1 aromatic carbocycles. The molecule has 0 fully saturated rings. The Bertz CT molecular complexity index is 383. The number of carbonyl (C=O) groups excluding carboxylic acids is 1. The molecule has 0 aromatic heterocycles. The molecule has 1 amide bonds. The maximum absolute atomic E-state index is 11.6. The van der Waals surface area contributed by atoms with Crippen molar-refractivity contribution < 1.29 is 9.53 Å². The summed E-state index contributed by atoms with van der Waals surface area (Å²) >= 11 is 2.25. The van der Waals surface area contributed by atoms with Crippen molar-refractivity contribution >= 4 is 34.2 Å². The van der Waals surface area contributed by atoms with E-state index in [-0.39, 0.29) is 5.91 Å². The van der Waals surface area contributed by atoms with Crippen LogP contribution in [0.15, 0.2) is 18.2 Å². The van der Waals surface area contributed by atoms with Gasteiger partial charge in [0.15, 0.2) is 0 Å². The quantitative estimate of drug-likeness (QED) is 0.609. The smallest absolute Gasteiger partial charge is 0.238 e. The summed E-state index contributed by atoms with van der Waals surface area (Å²) in [5.74, 6) is -0.0410. The number of anilines is 1. The van der Waals surface area contributed by atoms with Crippen LogP contribution in [0.4, 0.5) is 5.69 Å². The van der Waals surface area contributed by atoms with E-state index in [9.17, 15) is 4.79 Å². The highest BCUT2D eigenvalue weighted by Gasteiger charge is 2.02. The Balaban J connectivity index is 2.37. The van der Waals surface area contributed by atoms with Gasteiger partial charge in [-0.25, -0.2) is 0 Å². The molecular formula is C12H17IN2O2. The number of ether oxygens (including phenoxy) is 1. The fourth-order valence-corrected chi connectivity index (χ4v) is 1.77. The van der Waals surface area contributed by atoms with Crippen molar-refractivity contribution in [2.45, 2.75) is 6.92 Å². The van der Waals surface area contributed by atoms with Gasteiger partial charge in [-0.1, -0.05) is 6.07 Å². The zero-order valence-electron chi connectivity index (χ0n) is 10.0. The van der Waals surface area contributed by atoms with Crippen LogP contribution in [0.3, 0.4) is 0 Å². The minimum atomic E-state index is -0.0410. The average molecular weight is 348 g/mol. The SMILES string of the molecule is COCCNCC(=O)Nc1ccc(C)c(I)c1. The van der Waals surface area contributed by atoms with Crippen LogP contribution in [0.1, 0.15) is 5.56 Å². The summed E-state index contributed by atoms with van der Waals surface area (Å²) in [6.07, 6.45) is 0. The maximum Gasteiger partial charge on any atom is 0.238 e. The van der Waals surface area contributed by atoms with Crippen molar-refractivity contribution in [3.8, 4) is 0 Å². The van der Waals surface area contributed by atoms with E-state index in [1.54, 1.807) is 7.11 Å². The summed E-state index contributed by atoms with van der Waals surface area (Å²) in [5.41, 5.74) is 2.04. The number of carbonyl (C=O) groups is 1. The molecule has 0 saturated heterocycles. The number of aryl methyl sites for hydroxylation is 1. The largest absolute Gasteiger partial charge is 0.383 e. The van der Waals surface area contributed by atoms with Gasteiger partial charge in [-0.3, -0.25) is 4.79 Å². The monoisotopic (exact) mass is 348 g/mol. The number of amides is 1. The highest BCUT2D eigenvalue weighted by atomic mass is 127. The molecule has 0 bridgehead atoms. The number of halogens is 1. The van der Waals surface area contributed by atoms with Gasteiger partial charge in [0.1, 0.15) is 0 Å². The van der Waals surface area contributed by atoms with Gasteiger partial charge in [-0.05, 0) is 47.2 Å². The summed E-state index contributed by atoms with van der Waals surface area (Å²) in [4.78, 5) is 11.6. The molecule has 0 atom stereocenters. The van der Waals surface area contributed by atoms with E-state index in [0.29, 0.717) is 19.7 Å². The standard InChI is InChI=1S/C12H17IN2O2/c1-9-3-4-10(7-11(9)13)15-12(16)8-14-5-6-17-2/h3-4,7,14H,5-6,8H2,1-2H3,(H,15,16). The van der Waals surface area contributed by atoms with E-state index in [4.69, 9.17) is 4.74 Å². The normalized spacial score (nSPS) is 10.3. The molecule has 0 spiro atoms. The number of hydrogen-bond acceptors (Lipinski definition) is 3. The van der Waals surface area contributed by atoms with Gasteiger partial charge in [0.25, 0.3) is 0 Å². The number of hydrogen-bond donors (Lipinski definition) is 2. The molecule has 0 aliphatic heterocycles. The van der Waals surface area contributed by atoms with Crippen LogP contribution in [0.2, 0.25) is 0 Å². The van der Waals surface area contributed by atoms with E-state index in [1.165, 1.54) is 5.56 Å². The fourth-order valence-electron chi connectivity index (χ4n) is 1.25. The Hall–Kier alpha value is -0.660. The summed E-state index contributed by atoms with van der Waals surface area (Å²) in [6.45, 7) is 3.62. The van der Waals surface area contributed by atoms with E-state index in [2.05, 4.69) is 33.2 Å². The van der Waals surface area contributed by atoms with Gasteiger partial charge < -0.3 is 15.4 Å². The maximum atomic E-state index is 11.6. The molecule has 5 heteroatoms. The number of methoxy groups -OCH3 is 1. The predicted molar refractivity (Wildman–Crippen MR) is 77.3 cm³/mol. The van der Waals surface area contributed by atoms with Crippen LogP contribution < -0.4 is 10.6 Å². The molecule has 0 unspecified atom stereocenters. The van der Waals surface area contributed by atoms with Gasteiger partial charge >= 0.3 is 0 Å². The minimum Gasteiger partial charge on any atom is -0.383 e. The predicted octanol–water partition coefficient (Wildman–Crippen LogP) is 1.77. The van der Waals surface area contributed by atoms with Crippen molar-refractivity contribution in [2.24, 2.45) is 0 Å². The van der Waals surface area contributed by atoms with E-state index < -0.39 is 0 Å². The number of rotatable bonds is 6. The van der Waals surface area contributed by atoms with Crippen molar-refractivity contribution in [1.82, 2.24) is 5.32 Å². The van der Waals surface area contributed by atoms with Crippen LogP contribution in [0, 0.1) is 10.5 Å². The topological polar surface area (TPSA) is 50.4 Å². The first kappa shape index (κ1) is 14.4. The zero-order valence-corrected chi connectivity index (χ0v) is 12.2. The van der Waals surface area contributed by atoms with Gasteiger partial charge in [-0.15, -0.1) is 0 Å². The van der Waals surface area contributed by atoms with Crippen LogP contribution in [0.5, 0.6) is 0 Å². The number of nitrogens with one attached hydrogen (secondary N) is 2. The first-order valence-electron chi connectivity index (χ1n) is 5.39. The van der Waals surface area contributed by atoms with Crippen LogP contribution in [-0.2, 0) is 9.53 Å². The second-order valence-electron chi connectivity index (χ2n) is 3.68. The van der Waals surface area contributed by atoms with Crippen molar-refractivity contribution in [3.05, 3.63) is 27.3 Å². The second-order valence-corrected chi connectivity index (χ2v) is 4.84. The first-order chi connectivity index (χ1) is 8.13. The zero-order chi connectivity index (χ0) is 12.7. The van der Waals surface area contributed by atoms with Gasteiger partial charge in [0, 0.05) is 22.9 Å². The molecule has 1 rings (SSSR count). The average Bonchev–Trinajstić information content (AvgIpc) is 2.30. The van der Waals surface area contributed by atoms with Gasteiger partial charge in [0.2, 0.25) is 5.91 Å². The van der Waals surface area contributed by atoms with Crippen LogP contribution >= 0.6 is 22.6 Å². The molecule has 17 heavy (non-hydrogen) atoms. The third-order valence-electron chi connectivity index (χ3n) is 2.22. The number of benzene rings is 1. The van der Waals surface area contributed by atoms with Gasteiger partial charge in [-0.2, -0.15) is 0 Å². The van der Waals surface area contributed by atoms with Crippen LogP contribution in [-0.4, -0.2) is 32.7 Å². The second kappa shape index (κ2) is 7.62. The third kappa shape index (κ3) is 5.47. The molecule has 0 aliphatic rings. The molecule has 0 saturated carbocycles. The fraction of sp³-hybridized carbons (Fsp3) is 0.417. The summed E-state index contributed by atoms with van der Waals surface area (Å²) in [5, 5.41) is 5.83. The molecule has 1 aromatic rings. The van der Waals surface area contributed by atoms with E-state index in [0.717, 1.165) is 9.26 Å². The lowest BCUT2D eigenvalue weighted by Crippen LogP contribution is -2.30. The molecule has 0 heterocycles. The minimum absolute atomic E-state index is 0.0410. The molecular weight excluding hydrogens is 331 g/mol. The summed E-state index contributed by atoms with van der Waals surface area (Å²) in [7, 11) is 1.63. The Labute approximate surface area is 115 Å². The lowest BCUT2D eigenvalue weighted by atomic mass is 10.2. The molecule has 0 aliphatic carbocycles. The lowest BCUT2D eigenvalue weighted by Gasteiger charge is -2.07. The lowest BCUT2D eigenvalue weighted by molar-refractivity contribution is -0.115. The molecule has 0 radical (unpaired) electrons. The van der Waals surface area contributed by atoms with Gasteiger partial charge in [0.05, 0.1) is 13.2 Å². The van der Waals surface area contributed by atoms with Crippen molar-refractivity contribution in [3.63, 3.8) is 0 Å². The summed E-state index contributed by atoms with van der Waals surface area (Å²) < 4.78 is 6.02. The van der Waals surface area contributed by atoms with Crippen molar-refractivity contribution in [1.29, 1.82) is 0 Å².